The minimum Gasteiger partial charge on any atom is -0.478 e. The lowest BCUT2D eigenvalue weighted by atomic mass is 9.94. The van der Waals surface area contributed by atoms with Crippen LogP contribution in [0.3, 0.4) is 0 Å². The Morgan fingerprint density at radius 3 is 2.64 bits per heavy atom. The second kappa shape index (κ2) is 8.03. The summed E-state index contributed by atoms with van der Waals surface area (Å²) in [6.07, 6.45) is 10.1. The molecule has 2 aromatic carbocycles. The van der Waals surface area contributed by atoms with Crippen molar-refractivity contribution < 1.29 is 9.90 Å². The van der Waals surface area contributed by atoms with Crippen LogP contribution >= 0.6 is 0 Å². The summed E-state index contributed by atoms with van der Waals surface area (Å²) in [6, 6.07) is 16.3. The number of benzene rings is 2. The van der Waals surface area contributed by atoms with Gasteiger partial charge in [0.25, 0.3) is 0 Å². The van der Waals surface area contributed by atoms with Gasteiger partial charge in [-0.15, -0.1) is 0 Å². The van der Waals surface area contributed by atoms with Gasteiger partial charge in [0.05, 0.1) is 22.1 Å². The molecule has 2 N–H and O–H groups in total. The average Bonchev–Trinajstić information content (AvgIpc) is 3.52. The number of nitrogens with zero attached hydrogens (tertiary/aromatic N) is 3. The van der Waals surface area contributed by atoms with E-state index in [-0.39, 0.29) is 5.56 Å². The molecule has 0 bridgehead atoms. The highest BCUT2D eigenvalue weighted by atomic mass is 16.4. The molecule has 6 rings (SSSR count). The summed E-state index contributed by atoms with van der Waals surface area (Å²) in [4.78, 5) is 21.4. The molecule has 33 heavy (non-hydrogen) atoms. The first-order chi connectivity index (χ1) is 16.2. The number of rotatable bonds is 4. The fraction of sp³-hybridized carbons (Fsp3) is 0.296. The number of pyridine rings is 1. The summed E-state index contributed by atoms with van der Waals surface area (Å²) in [5.41, 5.74) is 5.11. The van der Waals surface area contributed by atoms with Crippen molar-refractivity contribution in [2.75, 3.05) is 6.54 Å². The number of nitrogens with one attached hydrogen (secondary N) is 1. The number of fused-ring (bicyclic) bond motifs is 2. The topological polar surface area (TPSA) is 80.0 Å². The molecular weight excluding hydrogens is 412 g/mol. The zero-order valence-corrected chi connectivity index (χ0v) is 18.4. The Bertz CT molecular complexity index is 1400. The Morgan fingerprint density at radius 2 is 1.85 bits per heavy atom. The van der Waals surface area contributed by atoms with Crippen molar-refractivity contribution in [3.63, 3.8) is 0 Å². The van der Waals surface area contributed by atoms with Crippen molar-refractivity contribution in [1.29, 1.82) is 0 Å². The summed E-state index contributed by atoms with van der Waals surface area (Å²) in [5.74, 6) is 0.298. The van der Waals surface area contributed by atoms with Crippen LogP contribution in [0.25, 0.3) is 33.3 Å². The lowest BCUT2D eigenvalue weighted by Crippen LogP contribution is -2.14. The molecule has 2 aliphatic rings. The van der Waals surface area contributed by atoms with E-state index in [1.807, 2.05) is 12.3 Å². The second-order valence-electron chi connectivity index (χ2n) is 9.12. The standard InChI is InChI=1S/C27H26N4O2/c32-27(33)19-8-11-25-24(15-19)30-26(31(25)21-4-2-1-3-5-21)18-7-10-22-17(14-18)6-9-23(29-22)20-12-13-28-16-20/h6-15,20-21,28H,1-5,16H2,(H,32,33). The highest BCUT2D eigenvalue weighted by molar-refractivity contribution is 5.94. The van der Waals surface area contributed by atoms with E-state index in [2.05, 4.69) is 46.3 Å². The monoisotopic (exact) mass is 438 g/mol. The number of carbonyl (C=O) groups is 1. The molecule has 1 unspecified atom stereocenters. The Kier molecular flexibility index (Phi) is 4.86. The molecule has 6 nitrogen and oxygen atoms in total. The number of hydrogen-bond acceptors (Lipinski definition) is 4. The minimum absolute atomic E-state index is 0.271. The molecule has 2 aromatic heterocycles. The molecule has 1 fully saturated rings. The fourth-order valence-corrected chi connectivity index (χ4v) is 5.28. The molecule has 1 aliphatic carbocycles. The molecule has 0 radical (unpaired) electrons. The highest BCUT2D eigenvalue weighted by Crippen LogP contribution is 2.37. The van der Waals surface area contributed by atoms with Gasteiger partial charge in [-0.1, -0.05) is 31.4 Å². The maximum absolute atomic E-state index is 11.5. The first kappa shape index (κ1) is 20.0. The van der Waals surface area contributed by atoms with Crippen LogP contribution in [0, 0.1) is 0 Å². The number of hydrogen-bond donors (Lipinski definition) is 2. The van der Waals surface area contributed by atoms with Gasteiger partial charge in [-0.25, -0.2) is 9.78 Å². The Labute approximate surface area is 192 Å². The van der Waals surface area contributed by atoms with E-state index in [1.54, 1.807) is 12.1 Å². The largest absolute Gasteiger partial charge is 0.478 e. The number of aromatic nitrogens is 3. The first-order valence-corrected chi connectivity index (χ1v) is 11.7. The molecule has 1 atom stereocenters. The third-order valence-corrected chi connectivity index (χ3v) is 7.01. The fourth-order valence-electron chi connectivity index (χ4n) is 5.28. The second-order valence-corrected chi connectivity index (χ2v) is 9.12. The van der Waals surface area contributed by atoms with Crippen molar-refractivity contribution in [1.82, 2.24) is 19.9 Å². The van der Waals surface area contributed by atoms with Crippen molar-refractivity contribution in [2.45, 2.75) is 44.1 Å². The molecule has 0 amide bonds. The van der Waals surface area contributed by atoms with Crippen LogP contribution in [0.15, 0.2) is 60.8 Å². The molecular formula is C27H26N4O2. The van der Waals surface area contributed by atoms with Gasteiger partial charge in [0.15, 0.2) is 0 Å². The Balaban J connectivity index is 1.47. The van der Waals surface area contributed by atoms with Crippen LogP contribution in [0.1, 0.15) is 60.1 Å². The molecule has 3 heterocycles. The minimum atomic E-state index is -0.925. The van der Waals surface area contributed by atoms with Gasteiger partial charge < -0.3 is 15.0 Å². The Morgan fingerprint density at radius 1 is 0.970 bits per heavy atom. The number of aromatic carboxylic acids is 1. The van der Waals surface area contributed by atoms with Crippen molar-refractivity contribution in [3.05, 3.63) is 72.1 Å². The third kappa shape index (κ3) is 3.55. The smallest absolute Gasteiger partial charge is 0.335 e. The Hall–Kier alpha value is -3.67. The van der Waals surface area contributed by atoms with E-state index in [0.29, 0.717) is 12.0 Å². The van der Waals surface area contributed by atoms with E-state index in [1.165, 1.54) is 19.3 Å². The van der Waals surface area contributed by atoms with E-state index in [0.717, 1.165) is 58.4 Å². The predicted molar refractivity (Wildman–Crippen MR) is 129 cm³/mol. The zero-order valence-electron chi connectivity index (χ0n) is 18.4. The molecule has 0 spiro atoms. The summed E-state index contributed by atoms with van der Waals surface area (Å²) >= 11 is 0. The van der Waals surface area contributed by atoms with Crippen molar-refractivity contribution >= 4 is 27.9 Å². The molecule has 4 aromatic rings. The van der Waals surface area contributed by atoms with Crippen molar-refractivity contribution in [3.8, 4) is 11.4 Å². The van der Waals surface area contributed by atoms with Gasteiger partial charge in [-0.05, 0) is 61.5 Å². The van der Waals surface area contributed by atoms with Gasteiger partial charge >= 0.3 is 5.97 Å². The lowest BCUT2D eigenvalue weighted by molar-refractivity contribution is 0.0697. The van der Waals surface area contributed by atoms with Crippen LogP contribution in [-0.4, -0.2) is 32.2 Å². The van der Waals surface area contributed by atoms with Crippen molar-refractivity contribution in [2.24, 2.45) is 0 Å². The zero-order chi connectivity index (χ0) is 22.4. The van der Waals surface area contributed by atoms with Gasteiger partial charge in [0.1, 0.15) is 5.82 Å². The van der Waals surface area contributed by atoms with Crippen LogP contribution in [0.4, 0.5) is 0 Å². The van der Waals surface area contributed by atoms with E-state index < -0.39 is 5.97 Å². The van der Waals surface area contributed by atoms with Gasteiger partial charge in [0, 0.05) is 35.1 Å². The maximum Gasteiger partial charge on any atom is 0.335 e. The number of carboxylic acid groups (broad SMARTS) is 1. The van der Waals surface area contributed by atoms with Gasteiger partial charge in [0.2, 0.25) is 0 Å². The van der Waals surface area contributed by atoms with Crippen LogP contribution in [-0.2, 0) is 0 Å². The first-order valence-electron chi connectivity index (χ1n) is 11.7. The summed E-state index contributed by atoms with van der Waals surface area (Å²) in [5, 5.41) is 13.8. The van der Waals surface area contributed by atoms with E-state index in [4.69, 9.17) is 9.97 Å². The molecule has 1 saturated carbocycles. The number of imidazole rings is 1. The summed E-state index contributed by atoms with van der Waals surface area (Å²) in [6.45, 7) is 0.889. The maximum atomic E-state index is 11.5. The molecule has 0 saturated heterocycles. The van der Waals surface area contributed by atoms with Crippen LogP contribution in [0.2, 0.25) is 0 Å². The van der Waals surface area contributed by atoms with Crippen LogP contribution in [0.5, 0.6) is 0 Å². The summed E-state index contributed by atoms with van der Waals surface area (Å²) < 4.78 is 2.35. The highest BCUT2D eigenvalue weighted by Gasteiger charge is 2.23. The SMILES string of the molecule is O=C(O)c1ccc2c(c1)nc(-c1ccc3nc(C4C=CNC4)ccc3c1)n2C1CCCCC1. The average molecular weight is 439 g/mol. The van der Waals surface area contributed by atoms with Crippen LogP contribution < -0.4 is 5.32 Å². The quantitative estimate of drug-likeness (QED) is 0.430. The lowest BCUT2D eigenvalue weighted by Gasteiger charge is -2.25. The van der Waals surface area contributed by atoms with E-state index >= 15 is 0 Å². The molecule has 6 heteroatoms. The predicted octanol–water partition coefficient (Wildman–Crippen LogP) is 5.66. The number of carboxylic acids is 1. The van der Waals surface area contributed by atoms with Gasteiger partial charge in [-0.2, -0.15) is 0 Å². The molecule has 166 valence electrons. The normalized spacial score (nSPS) is 18.7. The van der Waals surface area contributed by atoms with Gasteiger partial charge in [-0.3, -0.25) is 4.98 Å². The molecule has 1 aliphatic heterocycles. The van der Waals surface area contributed by atoms with E-state index in [9.17, 15) is 9.90 Å². The summed E-state index contributed by atoms with van der Waals surface area (Å²) in [7, 11) is 0. The third-order valence-electron chi connectivity index (χ3n) is 7.01.